The normalized spacial score (nSPS) is 13.4. The van der Waals surface area contributed by atoms with Gasteiger partial charge in [0.1, 0.15) is 5.82 Å². The van der Waals surface area contributed by atoms with E-state index in [2.05, 4.69) is 31.5 Å². The van der Waals surface area contributed by atoms with Crippen LogP contribution in [0.1, 0.15) is 39.9 Å². The van der Waals surface area contributed by atoms with E-state index in [1.807, 2.05) is 6.07 Å². The first-order valence-corrected chi connectivity index (χ1v) is 10.8. The Morgan fingerprint density at radius 1 is 1.21 bits per heavy atom. The van der Waals surface area contributed by atoms with Crippen molar-refractivity contribution in [3.05, 3.63) is 58.0 Å². The van der Waals surface area contributed by atoms with Crippen molar-refractivity contribution in [2.24, 2.45) is 5.73 Å². The van der Waals surface area contributed by atoms with E-state index >= 15 is 0 Å². The third kappa shape index (κ3) is 4.26. The lowest BCUT2D eigenvalue weighted by Crippen LogP contribution is -2.19. The Morgan fingerprint density at radius 2 is 2.04 bits per heavy atom. The molecule has 2 amide bonds. The number of nitrogens with one attached hydrogen (secondary N) is 1. The summed E-state index contributed by atoms with van der Waals surface area (Å²) in [5.41, 5.74) is 6.07. The number of benzene rings is 1. The number of amides is 2. The summed E-state index contributed by atoms with van der Waals surface area (Å²) in [6.45, 7) is 0. The zero-order valence-electron chi connectivity index (χ0n) is 15.0. The third-order valence-electron chi connectivity index (χ3n) is 4.36. The van der Waals surface area contributed by atoms with Gasteiger partial charge in [0.05, 0.1) is 17.0 Å². The number of aromatic nitrogens is 3. The molecule has 0 spiro atoms. The zero-order chi connectivity index (χ0) is 19.5. The van der Waals surface area contributed by atoms with Crippen LogP contribution in [0.25, 0.3) is 0 Å². The number of hydrogen-bond acceptors (Lipinski definition) is 6. The average Bonchev–Trinajstić information content (AvgIpc) is 3.23. The summed E-state index contributed by atoms with van der Waals surface area (Å²) >= 11 is 3.06. The molecule has 144 valence electrons. The van der Waals surface area contributed by atoms with Crippen LogP contribution in [-0.2, 0) is 11.2 Å². The predicted molar refractivity (Wildman–Crippen MR) is 110 cm³/mol. The van der Waals surface area contributed by atoms with Gasteiger partial charge in [-0.2, -0.15) is 0 Å². The largest absolute Gasteiger partial charge is 0.366 e. The predicted octanol–water partition coefficient (Wildman–Crippen LogP) is 3.10. The lowest BCUT2D eigenvalue weighted by molar-refractivity contribution is -0.113. The van der Waals surface area contributed by atoms with E-state index in [0.29, 0.717) is 17.3 Å². The fraction of sp³-hybridized carbons (Fsp3) is 0.263. The maximum Gasteiger partial charge on any atom is 0.250 e. The Kier molecular flexibility index (Phi) is 5.45. The number of nitrogens with zero attached hydrogens (tertiary/aromatic N) is 3. The van der Waals surface area contributed by atoms with Crippen molar-refractivity contribution in [1.29, 1.82) is 0 Å². The number of primary amides is 1. The van der Waals surface area contributed by atoms with Gasteiger partial charge in [0.2, 0.25) is 5.91 Å². The van der Waals surface area contributed by atoms with Gasteiger partial charge in [-0.3, -0.25) is 9.59 Å². The summed E-state index contributed by atoms with van der Waals surface area (Å²) in [7, 11) is 0. The SMILES string of the molecule is NC(=O)c1ccccc1NC(=O)CSc1nnc(Cc2cccs2)n1C1CC1. The van der Waals surface area contributed by atoms with Gasteiger partial charge in [0, 0.05) is 17.3 Å². The lowest BCUT2D eigenvalue weighted by Gasteiger charge is -2.10. The molecule has 3 N–H and O–H groups in total. The molecule has 28 heavy (non-hydrogen) atoms. The molecule has 0 aliphatic heterocycles. The fourth-order valence-electron chi connectivity index (χ4n) is 2.92. The van der Waals surface area contributed by atoms with Crippen LogP contribution >= 0.6 is 23.1 Å². The van der Waals surface area contributed by atoms with Crippen molar-refractivity contribution in [2.45, 2.75) is 30.5 Å². The zero-order valence-corrected chi connectivity index (χ0v) is 16.6. The molecule has 0 radical (unpaired) electrons. The number of anilines is 1. The van der Waals surface area contributed by atoms with Gasteiger partial charge in [-0.05, 0) is 36.4 Å². The second-order valence-electron chi connectivity index (χ2n) is 6.50. The molecule has 9 heteroatoms. The van der Waals surface area contributed by atoms with Crippen molar-refractivity contribution in [3.8, 4) is 0 Å². The van der Waals surface area contributed by atoms with Crippen LogP contribution in [0.3, 0.4) is 0 Å². The van der Waals surface area contributed by atoms with Gasteiger partial charge < -0.3 is 15.6 Å². The summed E-state index contributed by atoms with van der Waals surface area (Å²) in [4.78, 5) is 25.1. The average molecular weight is 414 g/mol. The topological polar surface area (TPSA) is 103 Å². The number of thiophene rings is 1. The molecule has 4 rings (SSSR count). The Hall–Kier alpha value is -2.65. The van der Waals surface area contributed by atoms with Gasteiger partial charge in [0.25, 0.3) is 5.91 Å². The standard InChI is InChI=1S/C19H19N5O2S2/c20-18(26)14-5-1-2-6-15(14)21-17(25)11-28-19-23-22-16(24(19)12-7-8-12)10-13-4-3-9-27-13/h1-6,9,12H,7-8,10-11H2,(H2,20,26)(H,21,25). The van der Waals surface area contributed by atoms with E-state index in [0.717, 1.165) is 30.2 Å². The van der Waals surface area contributed by atoms with Gasteiger partial charge in [-0.15, -0.1) is 21.5 Å². The summed E-state index contributed by atoms with van der Waals surface area (Å²) in [5, 5.41) is 14.2. The van der Waals surface area contributed by atoms with Crippen molar-refractivity contribution in [3.63, 3.8) is 0 Å². The quantitative estimate of drug-likeness (QED) is 0.553. The molecular weight excluding hydrogens is 394 g/mol. The molecule has 7 nitrogen and oxygen atoms in total. The second kappa shape index (κ2) is 8.15. The van der Waals surface area contributed by atoms with Crippen LogP contribution in [-0.4, -0.2) is 32.3 Å². The lowest BCUT2D eigenvalue weighted by atomic mass is 10.1. The summed E-state index contributed by atoms with van der Waals surface area (Å²) < 4.78 is 2.16. The Labute approximate surface area is 170 Å². The van der Waals surface area contributed by atoms with Gasteiger partial charge in [-0.1, -0.05) is 30.0 Å². The Balaban J connectivity index is 1.43. The summed E-state index contributed by atoms with van der Waals surface area (Å²) in [6, 6.07) is 11.2. The van der Waals surface area contributed by atoms with Crippen LogP contribution in [0.15, 0.2) is 46.9 Å². The highest BCUT2D eigenvalue weighted by atomic mass is 32.2. The third-order valence-corrected chi connectivity index (χ3v) is 6.18. The van der Waals surface area contributed by atoms with Crippen molar-refractivity contribution >= 4 is 40.6 Å². The maximum absolute atomic E-state index is 12.4. The van der Waals surface area contributed by atoms with Gasteiger partial charge >= 0.3 is 0 Å². The number of para-hydroxylation sites is 1. The second-order valence-corrected chi connectivity index (χ2v) is 8.48. The van der Waals surface area contributed by atoms with Crippen molar-refractivity contribution in [1.82, 2.24) is 14.8 Å². The highest BCUT2D eigenvalue weighted by Crippen LogP contribution is 2.39. The first-order valence-electron chi connectivity index (χ1n) is 8.89. The molecule has 2 aromatic heterocycles. The van der Waals surface area contributed by atoms with E-state index in [4.69, 9.17) is 5.73 Å². The fourth-order valence-corrected chi connectivity index (χ4v) is 4.44. The number of carbonyl (C=O) groups excluding carboxylic acids is 2. The number of thioether (sulfide) groups is 1. The first kappa shape index (κ1) is 18.7. The van der Waals surface area contributed by atoms with E-state index in [-0.39, 0.29) is 11.7 Å². The highest BCUT2D eigenvalue weighted by Gasteiger charge is 2.30. The van der Waals surface area contributed by atoms with E-state index in [1.54, 1.807) is 35.6 Å². The molecule has 1 aliphatic rings. The van der Waals surface area contributed by atoms with Crippen LogP contribution < -0.4 is 11.1 Å². The first-order chi connectivity index (χ1) is 13.6. The molecule has 0 atom stereocenters. The minimum Gasteiger partial charge on any atom is -0.366 e. The Morgan fingerprint density at radius 3 is 2.75 bits per heavy atom. The van der Waals surface area contributed by atoms with Crippen LogP contribution in [0, 0.1) is 0 Å². The number of nitrogens with two attached hydrogens (primary N) is 1. The molecule has 0 saturated heterocycles. The molecule has 1 fully saturated rings. The number of carbonyl (C=O) groups is 2. The van der Waals surface area contributed by atoms with Crippen molar-refractivity contribution < 1.29 is 9.59 Å². The molecular formula is C19H19N5O2S2. The van der Waals surface area contributed by atoms with Crippen LogP contribution in [0.4, 0.5) is 5.69 Å². The number of rotatable bonds is 8. The molecule has 1 aliphatic carbocycles. The monoisotopic (exact) mass is 413 g/mol. The van der Waals surface area contributed by atoms with Gasteiger partial charge in [-0.25, -0.2) is 0 Å². The molecule has 3 aromatic rings. The van der Waals surface area contributed by atoms with E-state index in [1.165, 1.54) is 16.6 Å². The molecule has 0 unspecified atom stereocenters. The van der Waals surface area contributed by atoms with Crippen molar-refractivity contribution in [2.75, 3.05) is 11.1 Å². The molecule has 2 heterocycles. The van der Waals surface area contributed by atoms with E-state index < -0.39 is 5.91 Å². The van der Waals surface area contributed by atoms with E-state index in [9.17, 15) is 9.59 Å². The molecule has 1 saturated carbocycles. The smallest absolute Gasteiger partial charge is 0.250 e. The van der Waals surface area contributed by atoms with Crippen LogP contribution in [0.5, 0.6) is 0 Å². The minimum absolute atomic E-state index is 0.178. The summed E-state index contributed by atoms with van der Waals surface area (Å²) in [6.07, 6.45) is 2.97. The maximum atomic E-state index is 12.4. The van der Waals surface area contributed by atoms with Gasteiger partial charge in [0.15, 0.2) is 5.16 Å². The summed E-state index contributed by atoms with van der Waals surface area (Å²) in [5.74, 6) is 0.322. The highest BCUT2D eigenvalue weighted by molar-refractivity contribution is 7.99. The Bertz CT molecular complexity index is 996. The number of hydrogen-bond donors (Lipinski definition) is 2. The molecule has 1 aromatic carbocycles. The molecule has 0 bridgehead atoms. The minimum atomic E-state index is -0.574. The van der Waals surface area contributed by atoms with Crippen LogP contribution in [0.2, 0.25) is 0 Å².